The molecule has 1 aliphatic rings. The molecule has 1 fully saturated rings. The average Bonchev–Trinajstić information content (AvgIpc) is 2.45. The molecule has 1 aromatic rings. The molecule has 116 valence electrons. The summed E-state index contributed by atoms with van der Waals surface area (Å²) in [7, 11) is 2.07. The molecule has 21 heavy (non-hydrogen) atoms. The number of carbonyl (C=O) groups is 1. The third-order valence-corrected chi connectivity index (χ3v) is 3.91. The Hall–Kier alpha value is -1.53. The van der Waals surface area contributed by atoms with Gasteiger partial charge in [0.05, 0.1) is 0 Å². The molecule has 1 saturated heterocycles. The summed E-state index contributed by atoms with van der Waals surface area (Å²) in [5.41, 5.74) is -0.511. The Bertz CT molecular complexity index is 481. The first-order valence-corrected chi connectivity index (χ1v) is 7.14. The molecule has 0 bridgehead atoms. The van der Waals surface area contributed by atoms with Crippen molar-refractivity contribution in [3.63, 3.8) is 0 Å². The summed E-state index contributed by atoms with van der Waals surface area (Å²) < 4.78 is 27.0. The average molecular weight is 297 g/mol. The van der Waals surface area contributed by atoms with Gasteiger partial charge in [-0.2, -0.15) is 0 Å². The zero-order valence-electron chi connectivity index (χ0n) is 12.4. The summed E-state index contributed by atoms with van der Waals surface area (Å²) in [6, 6.07) is 3.55. The van der Waals surface area contributed by atoms with Crippen LogP contribution in [0, 0.1) is 11.6 Å². The summed E-state index contributed by atoms with van der Waals surface area (Å²) in [4.78, 5) is 16.4. The fourth-order valence-electron chi connectivity index (χ4n) is 2.44. The first kappa shape index (κ1) is 15.9. The molecule has 1 heterocycles. The van der Waals surface area contributed by atoms with Gasteiger partial charge in [0.2, 0.25) is 0 Å². The van der Waals surface area contributed by atoms with E-state index in [-0.39, 0.29) is 6.04 Å². The van der Waals surface area contributed by atoms with Crippen molar-refractivity contribution < 1.29 is 13.6 Å². The lowest BCUT2D eigenvalue weighted by Gasteiger charge is -2.36. The normalized spacial score (nSPS) is 18.5. The Morgan fingerprint density at radius 1 is 1.24 bits per heavy atom. The number of carbonyl (C=O) groups excluding carboxylic acids is 1. The zero-order chi connectivity index (χ0) is 15.4. The molecule has 0 radical (unpaired) electrons. The summed E-state index contributed by atoms with van der Waals surface area (Å²) in [6.07, 6.45) is 0. The minimum Gasteiger partial charge on any atom is -0.350 e. The SMILES string of the molecule is C[C@@H](CNC(=O)c1c(F)cccc1F)N1CCN(C)CC1. The largest absolute Gasteiger partial charge is 0.350 e. The van der Waals surface area contributed by atoms with Crippen molar-refractivity contribution in [2.45, 2.75) is 13.0 Å². The number of likely N-dealkylation sites (N-methyl/N-ethyl adjacent to an activating group) is 1. The van der Waals surface area contributed by atoms with Gasteiger partial charge in [-0.05, 0) is 26.1 Å². The molecule has 6 heteroatoms. The molecule has 1 aliphatic heterocycles. The maximum absolute atomic E-state index is 13.5. The van der Waals surface area contributed by atoms with Gasteiger partial charge in [-0.3, -0.25) is 9.69 Å². The van der Waals surface area contributed by atoms with Gasteiger partial charge in [0.15, 0.2) is 0 Å². The van der Waals surface area contributed by atoms with E-state index < -0.39 is 23.1 Å². The standard InChI is InChI=1S/C15H21F2N3O/c1-11(20-8-6-19(2)7-9-20)10-18-15(21)14-12(16)4-3-5-13(14)17/h3-5,11H,6-10H2,1-2H3,(H,18,21)/t11-/m0/s1. The molecule has 1 aromatic carbocycles. The molecular weight excluding hydrogens is 276 g/mol. The highest BCUT2D eigenvalue weighted by Gasteiger charge is 2.21. The van der Waals surface area contributed by atoms with E-state index in [9.17, 15) is 13.6 Å². The molecular formula is C15H21F2N3O. The number of rotatable bonds is 4. The van der Waals surface area contributed by atoms with E-state index in [0.717, 1.165) is 38.3 Å². The van der Waals surface area contributed by atoms with Crippen LogP contribution in [-0.2, 0) is 0 Å². The van der Waals surface area contributed by atoms with Gasteiger partial charge in [0.1, 0.15) is 17.2 Å². The lowest BCUT2D eigenvalue weighted by atomic mass is 10.1. The number of amides is 1. The maximum Gasteiger partial charge on any atom is 0.257 e. The van der Waals surface area contributed by atoms with Crippen LogP contribution in [0.15, 0.2) is 18.2 Å². The number of piperazine rings is 1. The van der Waals surface area contributed by atoms with Gasteiger partial charge in [-0.25, -0.2) is 8.78 Å². The second kappa shape index (κ2) is 6.95. The predicted octanol–water partition coefficient (Wildman–Crippen LogP) is 1.33. The first-order chi connectivity index (χ1) is 9.99. The molecule has 1 N–H and O–H groups in total. The van der Waals surface area contributed by atoms with E-state index in [0.29, 0.717) is 6.54 Å². The molecule has 0 spiro atoms. The molecule has 0 saturated carbocycles. The van der Waals surface area contributed by atoms with Gasteiger partial charge in [0.25, 0.3) is 5.91 Å². The van der Waals surface area contributed by atoms with Crippen LogP contribution in [0.2, 0.25) is 0 Å². The molecule has 1 amide bonds. The van der Waals surface area contributed by atoms with E-state index in [4.69, 9.17) is 0 Å². The van der Waals surface area contributed by atoms with Crippen LogP contribution in [0.4, 0.5) is 8.78 Å². The quantitative estimate of drug-likeness (QED) is 0.911. The molecule has 4 nitrogen and oxygen atoms in total. The Morgan fingerprint density at radius 2 is 1.81 bits per heavy atom. The van der Waals surface area contributed by atoms with Crippen molar-refractivity contribution in [3.05, 3.63) is 35.4 Å². The Morgan fingerprint density at radius 3 is 2.38 bits per heavy atom. The van der Waals surface area contributed by atoms with Crippen LogP contribution < -0.4 is 5.32 Å². The second-order valence-electron chi connectivity index (χ2n) is 5.49. The Labute approximate surface area is 123 Å². The van der Waals surface area contributed by atoms with E-state index >= 15 is 0 Å². The summed E-state index contributed by atoms with van der Waals surface area (Å²) >= 11 is 0. The van der Waals surface area contributed by atoms with Crippen LogP contribution in [0.3, 0.4) is 0 Å². The lowest BCUT2D eigenvalue weighted by Crippen LogP contribution is -2.51. The predicted molar refractivity (Wildman–Crippen MR) is 77.2 cm³/mol. The number of benzene rings is 1. The van der Waals surface area contributed by atoms with Crippen LogP contribution in [0.25, 0.3) is 0 Å². The topological polar surface area (TPSA) is 35.6 Å². The van der Waals surface area contributed by atoms with Crippen molar-refractivity contribution in [2.24, 2.45) is 0 Å². The van der Waals surface area contributed by atoms with Gasteiger partial charge < -0.3 is 10.2 Å². The first-order valence-electron chi connectivity index (χ1n) is 7.14. The van der Waals surface area contributed by atoms with Gasteiger partial charge in [-0.1, -0.05) is 6.07 Å². The molecule has 1 atom stereocenters. The molecule has 2 rings (SSSR count). The van der Waals surface area contributed by atoms with E-state index in [1.807, 2.05) is 6.92 Å². The van der Waals surface area contributed by atoms with Crippen LogP contribution in [0.5, 0.6) is 0 Å². The highest BCUT2D eigenvalue weighted by atomic mass is 19.1. The highest BCUT2D eigenvalue weighted by Crippen LogP contribution is 2.12. The Balaban J connectivity index is 1.89. The van der Waals surface area contributed by atoms with Gasteiger partial charge in [0, 0.05) is 38.8 Å². The fourth-order valence-corrected chi connectivity index (χ4v) is 2.44. The second-order valence-corrected chi connectivity index (χ2v) is 5.49. The third-order valence-electron chi connectivity index (χ3n) is 3.91. The van der Waals surface area contributed by atoms with Crippen LogP contribution >= 0.6 is 0 Å². The number of nitrogens with zero attached hydrogens (tertiary/aromatic N) is 2. The van der Waals surface area contributed by atoms with Gasteiger partial charge in [-0.15, -0.1) is 0 Å². The zero-order valence-corrected chi connectivity index (χ0v) is 12.4. The number of hydrogen-bond acceptors (Lipinski definition) is 3. The van der Waals surface area contributed by atoms with Crippen LogP contribution in [0.1, 0.15) is 17.3 Å². The number of nitrogens with one attached hydrogen (secondary N) is 1. The molecule has 0 aromatic heterocycles. The highest BCUT2D eigenvalue weighted by molar-refractivity contribution is 5.94. The van der Waals surface area contributed by atoms with Crippen molar-refractivity contribution in [1.82, 2.24) is 15.1 Å². The van der Waals surface area contributed by atoms with Crippen molar-refractivity contribution in [3.8, 4) is 0 Å². The third kappa shape index (κ3) is 3.98. The lowest BCUT2D eigenvalue weighted by molar-refractivity contribution is 0.0896. The summed E-state index contributed by atoms with van der Waals surface area (Å²) in [5, 5.41) is 2.61. The van der Waals surface area contributed by atoms with E-state index in [1.165, 1.54) is 6.07 Å². The smallest absolute Gasteiger partial charge is 0.257 e. The van der Waals surface area contributed by atoms with E-state index in [2.05, 4.69) is 22.2 Å². The number of halogens is 2. The molecule has 0 aliphatic carbocycles. The summed E-state index contributed by atoms with van der Waals surface area (Å²) in [6.45, 7) is 6.21. The van der Waals surface area contributed by atoms with Crippen molar-refractivity contribution >= 4 is 5.91 Å². The molecule has 0 unspecified atom stereocenters. The van der Waals surface area contributed by atoms with E-state index in [1.54, 1.807) is 0 Å². The van der Waals surface area contributed by atoms with Crippen molar-refractivity contribution in [2.75, 3.05) is 39.8 Å². The summed E-state index contributed by atoms with van der Waals surface area (Å²) in [5.74, 6) is -2.37. The minimum atomic E-state index is -0.834. The maximum atomic E-state index is 13.5. The Kier molecular flexibility index (Phi) is 5.25. The fraction of sp³-hybridized carbons (Fsp3) is 0.533. The van der Waals surface area contributed by atoms with Crippen LogP contribution in [-0.4, -0.2) is 61.5 Å². The van der Waals surface area contributed by atoms with Crippen molar-refractivity contribution in [1.29, 1.82) is 0 Å². The number of hydrogen-bond donors (Lipinski definition) is 1. The van der Waals surface area contributed by atoms with Gasteiger partial charge >= 0.3 is 0 Å². The minimum absolute atomic E-state index is 0.137. The monoisotopic (exact) mass is 297 g/mol.